The van der Waals surface area contributed by atoms with E-state index < -0.39 is 0 Å². The summed E-state index contributed by atoms with van der Waals surface area (Å²) in [6, 6.07) is 4.31. The first-order valence-electron chi connectivity index (χ1n) is 6.37. The molecule has 0 aromatic heterocycles. The maximum Gasteiger partial charge on any atom is 0.142 e. The third kappa shape index (κ3) is 2.96. The van der Waals surface area contributed by atoms with Crippen molar-refractivity contribution in [2.24, 2.45) is 0 Å². The standard InChI is InChI=1S/C15H26N2O/c1-11-8-13(14(18-7)9-12(11)2)17(6)15(3,4)10-16-5/h8-9,16H,10H2,1-7H3. The fraction of sp³-hybridized carbons (Fsp3) is 0.600. The number of hydrogen-bond acceptors (Lipinski definition) is 3. The Labute approximate surface area is 111 Å². The molecule has 0 aliphatic rings. The molecular formula is C15H26N2O. The summed E-state index contributed by atoms with van der Waals surface area (Å²) in [4.78, 5) is 2.27. The van der Waals surface area contributed by atoms with Crippen LogP contribution >= 0.6 is 0 Å². The maximum atomic E-state index is 5.51. The number of ether oxygens (including phenoxy) is 1. The molecule has 1 aromatic carbocycles. The molecule has 3 heteroatoms. The fourth-order valence-electron chi connectivity index (χ4n) is 2.08. The number of methoxy groups -OCH3 is 1. The summed E-state index contributed by atoms with van der Waals surface area (Å²) < 4.78 is 5.51. The number of rotatable bonds is 5. The van der Waals surface area contributed by atoms with E-state index in [9.17, 15) is 0 Å². The van der Waals surface area contributed by atoms with Crippen molar-refractivity contribution >= 4 is 5.69 Å². The van der Waals surface area contributed by atoms with Gasteiger partial charge in [-0.25, -0.2) is 0 Å². The van der Waals surface area contributed by atoms with Gasteiger partial charge in [0.05, 0.1) is 12.8 Å². The molecule has 0 bridgehead atoms. The zero-order chi connectivity index (χ0) is 13.9. The number of benzene rings is 1. The summed E-state index contributed by atoms with van der Waals surface area (Å²) >= 11 is 0. The number of likely N-dealkylation sites (N-methyl/N-ethyl adjacent to an activating group) is 2. The van der Waals surface area contributed by atoms with E-state index in [0.29, 0.717) is 0 Å². The molecule has 0 saturated carbocycles. The van der Waals surface area contributed by atoms with Gasteiger partial charge in [-0.2, -0.15) is 0 Å². The average Bonchev–Trinajstić information content (AvgIpc) is 2.31. The summed E-state index contributed by atoms with van der Waals surface area (Å²) in [5.74, 6) is 0.935. The average molecular weight is 250 g/mol. The van der Waals surface area contributed by atoms with Crippen molar-refractivity contribution in [3.63, 3.8) is 0 Å². The van der Waals surface area contributed by atoms with Crippen molar-refractivity contribution < 1.29 is 4.74 Å². The van der Waals surface area contributed by atoms with Gasteiger partial charge in [0.2, 0.25) is 0 Å². The Bertz CT molecular complexity index is 413. The van der Waals surface area contributed by atoms with E-state index in [1.54, 1.807) is 7.11 Å². The second kappa shape index (κ2) is 5.61. The third-order valence-electron chi connectivity index (χ3n) is 3.67. The molecule has 0 unspecified atom stereocenters. The summed E-state index contributed by atoms with van der Waals surface area (Å²) in [5, 5.41) is 3.24. The molecule has 0 aliphatic carbocycles. The molecule has 0 spiro atoms. The number of nitrogens with one attached hydrogen (secondary N) is 1. The fourth-order valence-corrected chi connectivity index (χ4v) is 2.08. The van der Waals surface area contributed by atoms with Crippen LogP contribution in [0.25, 0.3) is 0 Å². The van der Waals surface area contributed by atoms with Crippen LogP contribution in [0, 0.1) is 13.8 Å². The predicted octanol–water partition coefficient (Wildman–Crippen LogP) is 2.75. The van der Waals surface area contributed by atoms with Crippen LogP contribution in [0.5, 0.6) is 5.75 Å². The molecule has 0 aliphatic heterocycles. The van der Waals surface area contributed by atoms with Crippen LogP contribution in [0.1, 0.15) is 25.0 Å². The molecule has 0 heterocycles. The van der Waals surface area contributed by atoms with Gasteiger partial charge in [-0.1, -0.05) is 0 Å². The minimum Gasteiger partial charge on any atom is -0.495 e. The van der Waals surface area contributed by atoms with Gasteiger partial charge in [0.25, 0.3) is 0 Å². The Morgan fingerprint density at radius 3 is 2.28 bits per heavy atom. The Kier molecular flexibility index (Phi) is 4.63. The van der Waals surface area contributed by atoms with Crippen molar-refractivity contribution in [1.82, 2.24) is 5.32 Å². The van der Waals surface area contributed by atoms with E-state index in [1.807, 2.05) is 7.05 Å². The molecule has 1 N–H and O–H groups in total. The van der Waals surface area contributed by atoms with Crippen LogP contribution in [0.3, 0.4) is 0 Å². The van der Waals surface area contributed by atoms with Crippen LogP contribution in [-0.4, -0.2) is 33.3 Å². The Hall–Kier alpha value is -1.22. The van der Waals surface area contributed by atoms with E-state index in [1.165, 1.54) is 11.1 Å². The first-order valence-corrected chi connectivity index (χ1v) is 6.37. The topological polar surface area (TPSA) is 24.5 Å². The molecule has 3 nitrogen and oxygen atoms in total. The van der Waals surface area contributed by atoms with Crippen molar-refractivity contribution in [3.8, 4) is 5.75 Å². The van der Waals surface area contributed by atoms with E-state index in [-0.39, 0.29) is 5.54 Å². The summed E-state index contributed by atoms with van der Waals surface area (Å²) in [7, 11) is 5.82. The van der Waals surface area contributed by atoms with Gasteiger partial charge in [-0.3, -0.25) is 0 Å². The largest absolute Gasteiger partial charge is 0.495 e. The van der Waals surface area contributed by atoms with Gasteiger partial charge < -0.3 is 15.0 Å². The molecular weight excluding hydrogens is 224 g/mol. The van der Waals surface area contributed by atoms with Crippen molar-refractivity contribution in [2.45, 2.75) is 33.2 Å². The summed E-state index contributed by atoms with van der Waals surface area (Å²) in [6.45, 7) is 9.60. The highest BCUT2D eigenvalue weighted by molar-refractivity contribution is 5.62. The van der Waals surface area contributed by atoms with Gasteiger partial charge in [-0.15, -0.1) is 0 Å². The van der Waals surface area contributed by atoms with Crippen molar-refractivity contribution in [2.75, 3.05) is 32.6 Å². The van der Waals surface area contributed by atoms with Gasteiger partial charge in [-0.05, 0) is 58.0 Å². The Morgan fingerprint density at radius 2 is 1.78 bits per heavy atom. The highest BCUT2D eigenvalue weighted by atomic mass is 16.5. The van der Waals surface area contributed by atoms with Gasteiger partial charge in [0, 0.05) is 19.1 Å². The summed E-state index contributed by atoms with van der Waals surface area (Å²) in [5.41, 5.74) is 3.72. The van der Waals surface area contributed by atoms with Crippen molar-refractivity contribution in [3.05, 3.63) is 23.3 Å². The van der Waals surface area contributed by atoms with Crippen molar-refractivity contribution in [1.29, 1.82) is 0 Å². The highest BCUT2D eigenvalue weighted by Crippen LogP contribution is 2.34. The molecule has 1 rings (SSSR count). The predicted molar refractivity (Wildman–Crippen MR) is 78.9 cm³/mol. The zero-order valence-corrected chi connectivity index (χ0v) is 12.7. The van der Waals surface area contributed by atoms with Gasteiger partial charge in [0.1, 0.15) is 5.75 Å². The number of hydrogen-bond donors (Lipinski definition) is 1. The lowest BCUT2D eigenvalue weighted by Gasteiger charge is -2.38. The van der Waals surface area contributed by atoms with Crippen LogP contribution in [0.4, 0.5) is 5.69 Å². The molecule has 0 amide bonds. The first-order chi connectivity index (χ1) is 8.33. The Morgan fingerprint density at radius 1 is 1.22 bits per heavy atom. The zero-order valence-electron chi connectivity index (χ0n) is 12.7. The highest BCUT2D eigenvalue weighted by Gasteiger charge is 2.25. The number of nitrogens with zero attached hydrogens (tertiary/aromatic N) is 1. The Balaban J connectivity index is 3.19. The lowest BCUT2D eigenvalue weighted by molar-refractivity contribution is 0.405. The van der Waals surface area contributed by atoms with Crippen LogP contribution in [-0.2, 0) is 0 Å². The van der Waals surface area contributed by atoms with Gasteiger partial charge >= 0.3 is 0 Å². The van der Waals surface area contributed by atoms with Crippen LogP contribution in [0.2, 0.25) is 0 Å². The molecule has 0 atom stereocenters. The van der Waals surface area contributed by atoms with E-state index in [0.717, 1.165) is 18.0 Å². The second-order valence-electron chi connectivity index (χ2n) is 5.51. The second-order valence-corrected chi connectivity index (χ2v) is 5.51. The van der Waals surface area contributed by atoms with Crippen LogP contribution < -0.4 is 15.0 Å². The molecule has 1 aromatic rings. The normalized spacial score (nSPS) is 11.5. The molecule has 102 valence electrons. The molecule has 0 radical (unpaired) electrons. The minimum atomic E-state index is 0.0315. The maximum absolute atomic E-state index is 5.51. The molecule has 0 saturated heterocycles. The number of aryl methyl sites for hydroxylation is 2. The van der Waals surface area contributed by atoms with Gasteiger partial charge in [0.15, 0.2) is 0 Å². The van der Waals surface area contributed by atoms with E-state index in [4.69, 9.17) is 4.74 Å². The minimum absolute atomic E-state index is 0.0315. The first kappa shape index (κ1) is 14.8. The summed E-state index contributed by atoms with van der Waals surface area (Å²) in [6.07, 6.45) is 0. The lowest BCUT2D eigenvalue weighted by Crippen LogP contribution is -2.48. The van der Waals surface area contributed by atoms with Crippen LogP contribution in [0.15, 0.2) is 12.1 Å². The molecule has 0 fully saturated rings. The monoisotopic (exact) mass is 250 g/mol. The quantitative estimate of drug-likeness (QED) is 0.869. The SMILES string of the molecule is CNCC(C)(C)N(C)c1cc(C)c(C)cc1OC. The van der Waals surface area contributed by atoms with E-state index >= 15 is 0 Å². The smallest absolute Gasteiger partial charge is 0.142 e. The molecule has 18 heavy (non-hydrogen) atoms. The lowest BCUT2D eigenvalue weighted by atomic mass is 10.0. The van der Waals surface area contributed by atoms with E-state index in [2.05, 4.69) is 57.1 Å². The third-order valence-corrected chi connectivity index (χ3v) is 3.67. The number of anilines is 1.